The summed E-state index contributed by atoms with van der Waals surface area (Å²) in [5.74, 6) is -1.86. The molecule has 1 amide bonds. The standard InChI is InChI=1S/C18H20N2O5S/c1-11-8-14(10-16(12(11)2)26(19,24)25)17(21)20-15(18(22)23)9-13-6-4-3-5-7-13/h3-8,10,15H,9H2,1-2H3,(H,20,21)(H,22,23)(H2,19,24,25). The van der Waals surface area contributed by atoms with E-state index in [4.69, 9.17) is 5.14 Å². The summed E-state index contributed by atoms with van der Waals surface area (Å²) in [7, 11) is -4.00. The number of aliphatic carboxylic acids is 1. The lowest BCUT2D eigenvalue weighted by Gasteiger charge is -2.16. The van der Waals surface area contributed by atoms with E-state index in [0.717, 1.165) is 11.6 Å². The lowest BCUT2D eigenvalue weighted by molar-refractivity contribution is -0.139. The van der Waals surface area contributed by atoms with Crippen molar-refractivity contribution in [3.63, 3.8) is 0 Å². The number of nitrogens with two attached hydrogens (primary N) is 1. The molecule has 0 heterocycles. The molecule has 26 heavy (non-hydrogen) atoms. The Hall–Kier alpha value is -2.71. The molecule has 1 atom stereocenters. The first-order chi connectivity index (χ1) is 12.1. The maximum atomic E-state index is 12.5. The maximum Gasteiger partial charge on any atom is 0.326 e. The van der Waals surface area contributed by atoms with E-state index in [1.54, 1.807) is 38.1 Å². The zero-order valence-corrected chi connectivity index (χ0v) is 15.2. The van der Waals surface area contributed by atoms with E-state index in [0.29, 0.717) is 11.1 Å². The minimum Gasteiger partial charge on any atom is -0.480 e. The Balaban J connectivity index is 2.30. The molecule has 4 N–H and O–H groups in total. The quantitative estimate of drug-likeness (QED) is 0.702. The van der Waals surface area contributed by atoms with Gasteiger partial charge in [0.2, 0.25) is 10.0 Å². The van der Waals surface area contributed by atoms with E-state index in [1.165, 1.54) is 6.07 Å². The minimum atomic E-state index is -4.00. The molecule has 0 aliphatic carbocycles. The SMILES string of the molecule is Cc1cc(C(=O)NC(Cc2ccccc2)C(=O)O)cc(S(N)(=O)=O)c1C. The third-order valence-corrected chi connectivity index (χ3v) is 5.11. The molecule has 0 aromatic heterocycles. The van der Waals surface area contributed by atoms with Crippen LogP contribution in [0, 0.1) is 13.8 Å². The van der Waals surface area contributed by atoms with E-state index < -0.39 is 27.9 Å². The summed E-state index contributed by atoms with van der Waals surface area (Å²) in [6, 6.07) is 10.4. The van der Waals surface area contributed by atoms with Crippen LogP contribution in [0.4, 0.5) is 0 Å². The number of hydrogen-bond donors (Lipinski definition) is 3. The summed E-state index contributed by atoms with van der Waals surface area (Å²) < 4.78 is 23.4. The number of aryl methyl sites for hydroxylation is 1. The average Bonchev–Trinajstić information content (AvgIpc) is 2.56. The van der Waals surface area contributed by atoms with Crippen LogP contribution in [0.1, 0.15) is 27.0 Å². The number of hydrogen-bond acceptors (Lipinski definition) is 4. The molecule has 8 heteroatoms. The summed E-state index contributed by atoms with van der Waals surface area (Å²) in [5.41, 5.74) is 1.81. The molecule has 0 fully saturated rings. The smallest absolute Gasteiger partial charge is 0.326 e. The molecule has 2 aromatic carbocycles. The van der Waals surface area contributed by atoms with Crippen LogP contribution < -0.4 is 10.5 Å². The fourth-order valence-corrected chi connectivity index (χ4v) is 3.42. The number of primary sulfonamides is 1. The van der Waals surface area contributed by atoms with Gasteiger partial charge in [-0.1, -0.05) is 30.3 Å². The summed E-state index contributed by atoms with van der Waals surface area (Å²) in [4.78, 5) is 23.8. The van der Waals surface area contributed by atoms with Crippen LogP contribution in [0.25, 0.3) is 0 Å². The van der Waals surface area contributed by atoms with Crippen LogP contribution >= 0.6 is 0 Å². The van der Waals surface area contributed by atoms with Gasteiger partial charge in [0, 0.05) is 12.0 Å². The van der Waals surface area contributed by atoms with Crippen LogP contribution in [0.2, 0.25) is 0 Å². The van der Waals surface area contributed by atoms with Crippen LogP contribution in [0.5, 0.6) is 0 Å². The highest BCUT2D eigenvalue weighted by molar-refractivity contribution is 7.89. The van der Waals surface area contributed by atoms with Crippen molar-refractivity contribution in [3.05, 3.63) is 64.7 Å². The van der Waals surface area contributed by atoms with Crippen LogP contribution in [0.15, 0.2) is 47.4 Å². The molecular weight excluding hydrogens is 356 g/mol. The Morgan fingerprint density at radius 3 is 2.31 bits per heavy atom. The number of carbonyl (C=O) groups is 2. The number of amides is 1. The average molecular weight is 376 g/mol. The van der Waals surface area contributed by atoms with Crippen molar-refractivity contribution in [2.45, 2.75) is 31.2 Å². The normalized spacial score (nSPS) is 12.4. The molecule has 0 aliphatic rings. The predicted octanol–water partition coefficient (Wildman–Crippen LogP) is 1.38. The zero-order chi connectivity index (χ0) is 19.5. The first-order valence-electron chi connectivity index (χ1n) is 7.81. The third-order valence-electron chi connectivity index (χ3n) is 4.07. The van der Waals surface area contributed by atoms with Crippen molar-refractivity contribution >= 4 is 21.9 Å². The Labute approximate surface area is 151 Å². The second-order valence-corrected chi connectivity index (χ2v) is 7.55. The van der Waals surface area contributed by atoms with Crippen molar-refractivity contribution in [3.8, 4) is 0 Å². The largest absolute Gasteiger partial charge is 0.480 e. The molecule has 7 nitrogen and oxygen atoms in total. The van der Waals surface area contributed by atoms with Gasteiger partial charge in [-0.25, -0.2) is 18.4 Å². The van der Waals surface area contributed by atoms with Crippen LogP contribution in [-0.4, -0.2) is 31.4 Å². The predicted molar refractivity (Wildman–Crippen MR) is 96.3 cm³/mol. The number of rotatable bonds is 6. The lowest BCUT2D eigenvalue weighted by Crippen LogP contribution is -2.42. The Morgan fingerprint density at radius 2 is 1.77 bits per heavy atom. The van der Waals surface area contributed by atoms with Gasteiger partial charge in [0.1, 0.15) is 6.04 Å². The zero-order valence-electron chi connectivity index (χ0n) is 14.4. The fourth-order valence-electron chi connectivity index (χ4n) is 2.55. The fraction of sp³-hybridized carbons (Fsp3) is 0.222. The first-order valence-corrected chi connectivity index (χ1v) is 9.36. The molecule has 1 unspecified atom stereocenters. The second kappa shape index (κ2) is 7.67. The molecule has 0 saturated heterocycles. The van der Waals surface area contributed by atoms with Crippen LogP contribution in [0.3, 0.4) is 0 Å². The Bertz CT molecular complexity index is 940. The van der Waals surface area contributed by atoms with Gasteiger partial charge < -0.3 is 10.4 Å². The number of carboxylic acids is 1. The van der Waals surface area contributed by atoms with Crippen LogP contribution in [-0.2, 0) is 21.2 Å². The molecular formula is C18H20N2O5S. The highest BCUT2D eigenvalue weighted by atomic mass is 32.2. The van der Waals surface area contributed by atoms with Crippen molar-refractivity contribution in [2.75, 3.05) is 0 Å². The van der Waals surface area contributed by atoms with Gasteiger partial charge in [0.05, 0.1) is 4.90 Å². The highest BCUT2D eigenvalue weighted by Gasteiger charge is 2.23. The van der Waals surface area contributed by atoms with E-state index >= 15 is 0 Å². The molecule has 0 aliphatic heterocycles. The summed E-state index contributed by atoms with van der Waals surface area (Å²) in [6.07, 6.45) is 0.106. The van der Waals surface area contributed by atoms with E-state index in [9.17, 15) is 23.1 Å². The van der Waals surface area contributed by atoms with Gasteiger partial charge in [-0.3, -0.25) is 4.79 Å². The minimum absolute atomic E-state index is 0.0384. The lowest BCUT2D eigenvalue weighted by atomic mass is 10.0. The molecule has 2 rings (SSSR count). The molecule has 0 saturated carbocycles. The Morgan fingerprint density at radius 1 is 1.15 bits per heavy atom. The number of carbonyl (C=O) groups excluding carboxylic acids is 1. The third kappa shape index (κ3) is 4.68. The van der Waals surface area contributed by atoms with Crippen molar-refractivity contribution in [1.29, 1.82) is 0 Å². The van der Waals surface area contributed by atoms with Gasteiger partial charge in [-0.05, 0) is 42.7 Å². The number of benzene rings is 2. The summed E-state index contributed by atoms with van der Waals surface area (Å²) >= 11 is 0. The van der Waals surface area contributed by atoms with Crippen molar-refractivity contribution in [1.82, 2.24) is 5.32 Å². The van der Waals surface area contributed by atoms with Gasteiger partial charge >= 0.3 is 5.97 Å². The monoisotopic (exact) mass is 376 g/mol. The number of sulfonamides is 1. The molecule has 0 spiro atoms. The molecule has 0 radical (unpaired) electrons. The first kappa shape index (κ1) is 19.6. The Kier molecular flexibility index (Phi) is 5.79. The van der Waals surface area contributed by atoms with Gasteiger partial charge in [-0.2, -0.15) is 0 Å². The molecule has 2 aromatic rings. The van der Waals surface area contributed by atoms with E-state index in [-0.39, 0.29) is 16.9 Å². The maximum absolute atomic E-state index is 12.5. The van der Waals surface area contributed by atoms with E-state index in [1.807, 2.05) is 6.07 Å². The number of carboxylic acid groups (broad SMARTS) is 1. The van der Waals surface area contributed by atoms with E-state index in [2.05, 4.69) is 5.32 Å². The topological polar surface area (TPSA) is 127 Å². The van der Waals surface area contributed by atoms with Crippen molar-refractivity contribution < 1.29 is 23.1 Å². The van der Waals surface area contributed by atoms with Crippen molar-refractivity contribution in [2.24, 2.45) is 5.14 Å². The highest BCUT2D eigenvalue weighted by Crippen LogP contribution is 2.20. The number of nitrogens with one attached hydrogen (secondary N) is 1. The van der Waals surface area contributed by atoms with Gasteiger partial charge in [0.25, 0.3) is 5.91 Å². The summed E-state index contributed by atoms with van der Waals surface area (Å²) in [6.45, 7) is 3.24. The second-order valence-electron chi connectivity index (χ2n) is 6.02. The van der Waals surface area contributed by atoms with Gasteiger partial charge in [0.15, 0.2) is 0 Å². The summed E-state index contributed by atoms with van der Waals surface area (Å²) in [5, 5.41) is 17.0. The molecule has 138 valence electrons. The van der Waals surface area contributed by atoms with Gasteiger partial charge in [-0.15, -0.1) is 0 Å². The molecule has 0 bridgehead atoms.